The van der Waals surface area contributed by atoms with Gasteiger partial charge in [0, 0.05) is 51.0 Å². The summed E-state index contributed by atoms with van der Waals surface area (Å²) in [5.74, 6) is 0. The topological polar surface area (TPSA) is 58.4 Å². The second-order valence-electron chi connectivity index (χ2n) is 5.21. The molecule has 2 rings (SSSR count). The van der Waals surface area contributed by atoms with E-state index < -0.39 is 10.0 Å². The number of piperazine rings is 1. The lowest BCUT2D eigenvalue weighted by Crippen LogP contribution is -2.47. The van der Waals surface area contributed by atoms with Crippen LogP contribution in [0.2, 0.25) is 0 Å². The van der Waals surface area contributed by atoms with Crippen molar-refractivity contribution in [3.05, 3.63) is 17.0 Å². The summed E-state index contributed by atoms with van der Waals surface area (Å²) in [7, 11) is -1.09. The molecule has 0 N–H and O–H groups in total. The van der Waals surface area contributed by atoms with E-state index in [-0.39, 0.29) is 0 Å². The van der Waals surface area contributed by atoms with Gasteiger partial charge in [0.25, 0.3) is 0 Å². The van der Waals surface area contributed by atoms with E-state index in [1.54, 1.807) is 4.31 Å². The summed E-state index contributed by atoms with van der Waals surface area (Å²) in [6.07, 6.45) is 1.28. The van der Waals surface area contributed by atoms with E-state index in [2.05, 4.69) is 16.9 Å². The van der Waals surface area contributed by atoms with Gasteiger partial charge >= 0.3 is 0 Å². The Morgan fingerprint density at radius 3 is 2.16 bits per heavy atom. The molecule has 1 aromatic rings. The lowest BCUT2D eigenvalue weighted by atomic mass is 10.1. The van der Waals surface area contributed by atoms with Crippen LogP contribution in [0.3, 0.4) is 0 Å². The maximum Gasteiger partial charge on any atom is 0.211 e. The molecule has 0 radical (unpaired) electrons. The van der Waals surface area contributed by atoms with Crippen LogP contribution in [-0.4, -0.2) is 59.8 Å². The third kappa shape index (κ3) is 3.16. The van der Waals surface area contributed by atoms with E-state index in [0.29, 0.717) is 13.1 Å². The maximum absolute atomic E-state index is 11.5. The number of hydrogen-bond donors (Lipinski definition) is 0. The van der Waals surface area contributed by atoms with Crippen LogP contribution in [0.4, 0.5) is 0 Å². The fourth-order valence-electron chi connectivity index (χ4n) is 2.49. The van der Waals surface area contributed by atoms with Gasteiger partial charge in [0.15, 0.2) is 0 Å². The van der Waals surface area contributed by atoms with Crippen LogP contribution in [0.25, 0.3) is 0 Å². The highest BCUT2D eigenvalue weighted by molar-refractivity contribution is 7.88. The van der Waals surface area contributed by atoms with Gasteiger partial charge in [-0.05, 0) is 13.8 Å². The molecule has 0 saturated carbocycles. The van der Waals surface area contributed by atoms with Gasteiger partial charge in [-0.1, -0.05) is 0 Å². The molecule has 1 fully saturated rings. The van der Waals surface area contributed by atoms with Crippen LogP contribution in [-0.2, 0) is 23.6 Å². The standard InChI is InChI=1S/C12H22N4O2S/c1-10-12(11(2)14(3)13-10)9-15-5-7-16(8-6-15)19(4,17)18/h5-9H2,1-4H3. The van der Waals surface area contributed by atoms with Crippen molar-refractivity contribution in [3.8, 4) is 0 Å². The van der Waals surface area contributed by atoms with Crippen LogP contribution in [0, 0.1) is 13.8 Å². The lowest BCUT2D eigenvalue weighted by Gasteiger charge is -2.33. The highest BCUT2D eigenvalue weighted by Crippen LogP contribution is 2.16. The van der Waals surface area contributed by atoms with Crippen molar-refractivity contribution in [1.82, 2.24) is 19.0 Å². The van der Waals surface area contributed by atoms with E-state index in [9.17, 15) is 8.42 Å². The minimum absolute atomic E-state index is 0.581. The van der Waals surface area contributed by atoms with Crippen molar-refractivity contribution >= 4 is 10.0 Å². The van der Waals surface area contributed by atoms with E-state index in [1.807, 2.05) is 18.7 Å². The summed E-state index contributed by atoms with van der Waals surface area (Å²) in [6.45, 7) is 7.66. The first kappa shape index (κ1) is 14.5. The van der Waals surface area contributed by atoms with E-state index in [0.717, 1.165) is 25.3 Å². The van der Waals surface area contributed by atoms with Gasteiger partial charge in [0.05, 0.1) is 11.9 Å². The molecule has 0 amide bonds. The molecule has 7 heteroatoms. The summed E-state index contributed by atoms with van der Waals surface area (Å²) in [5, 5.41) is 4.41. The zero-order valence-electron chi connectivity index (χ0n) is 12.0. The van der Waals surface area contributed by atoms with E-state index in [4.69, 9.17) is 0 Å². The van der Waals surface area contributed by atoms with Crippen molar-refractivity contribution in [2.45, 2.75) is 20.4 Å². The first-order valence-electron chi connectivity index (χ1n) is 6.45. The number of hydrogen-bond acceptors (Lipinski definition) is 4. The molecule has 0 spiro atoms. The van der Waals surface area contributed by atoms with Gasteiger partial charge in [0.2, 0.25) is 10.0 Å². The zero-order chi connectivity index (χ0) is 14.2. The monoisotopic (exact) mass is 286 g/mol. The minimum atomic E-state index is -3.04. The van der Waals surface area contributed by atoms with Gasteiger partial charge in [0.1, 0.15) is 0 Å². The molecule has 1 aromatic heterocycles. The van der Waals surface area contributed by atoms with Crippen molar-refractivity contribution in [2.24, 2.45) is 7.05 Å². The van der Waals surface area contributed by atoms with Gasteiger partial charge in [-0.3, -0.25) is 9.58 Å². The third-order valence-electron chi connectivity index (χ3n) is 3.84. The molecule has 0 bridgehead atoms. The van der Waals surface area contributed by atoms with Crippen LogP contribution in [0.5, 0.6) is 0 Å². The molecule has 1 saturated heterocycles. The predicted molar refractivity (Wildman–Crippen MR) is 74.4 cm³/mol. The largest absolute Gasteiger partial charge is 0.296 e. The summed E-state index contributed by atoms with van der Waals surface area (Å²) in [6, 6.07) is 0. The van der Waals surface area contributed by atoms with Crippen LogP contribution >= 0.6 is 0 Å². The summed E-state index contributed by atoms with van der Waals surface area (Å²) >= 11 is 0. The van der Waals surface area contributed by atoms with Crippen molar-refractivity contribution in [3.63, 3.8) is 0 Å². The molecule has 1 aliphatic rings. The Morgan fingerprint density at radius 1 is 1.16 bits per heavy atom. The molecule has 0 aromatic carbocycles. The van der Waals surface area contributed by atoms with Crippen LogP contribution in [0.1, 0.15) is 17.0 Å². The lowest BCUT2D eigenvalue weighted by molar-refractivity contribution is 0.181. The number of aromatic nitrogens is 2. The highest BCUT2D eigenvalue weighted by Gasteiger charge is 2.24. The Hall–Kier alpha value is -0.920. The molecule has 0 atom stereocenters. The van der Waals surface area contributed by atoms with Crippen LogP contribution < -0.4 is 0 Å². The van der Waals surface area contributed by atoms with Crippen molar-refractivity contribution in [1.29, 1.82) is 0 Å². The summed E-state index contributed by atoms with van der Waals surface area (Å²) < 4.78 is 26.4. The first-order chi connectivity index (χ1) is 8.79. The van der Waals surface area contributed by atoms with Gasteiger partial charge < -0.3 is 0 Å². The molecule has 1 aliphatic heterocycles. The molecule has 0 unspecified atom stereocenters. The molecule has 0 aliphatic carbocycles. The Morgan fingerprint density at radius 2 is 1.74 bits per heavy atom. The molecular formula is C12H22N4O2S. The van der Waals surface area contributed by atoms with E-state index >= 15 is 0 Å². The molecule has 19 heavy (non-hydrogen) atoms. The van der Waals surface area contributed by atoms with Crippen LogP contribution in [0.15, 0.2) is 0 Å². The third-order valence-corrected chi connectivity index (χ3v) is 5.14. The fourth-order valence-corrected chi connectivity index (χ4v) is 3.32. The number of aryl methyl sites for hydroxylation is 2. The molecule has 6 nitrogen and oxygen atoms in total. The SMILES string of the molecule is Cc1nn(C)c(C)c1CN1CCN(S(C)(=O)=O)CC1. The van der Waals surface area contributed by atoms with Crippen molar-refractivity contribution in [2.75, 3.05) is 32.4 Å². The smallest absolute Gasteiger partial charge is 0.211 e. The molecular weight excluding hydrogens is 264 g/mol. The van der Waals surface area contributed by atoms with E-state index in [1.165, 1.54) is 17.5 Å². The quantitative estimate of drug-likeness (QED) is 0.791. The maximum atomic E-state index is 11.5. The Balaban J connectivity index is 2.00. The Bertz CT molecular complexity index is 557. The first-order valence-corrected chi connectivity index (χ1v) is 8.30. The number of nitrogens with zero attached hydrogens (tertiary/aromatic N) is 4. The zero-order valence-corrected chi connectivity index (χ0v) is 12.9. The van der Waals surface area contributed by atoms with Gasteiger partial charge in [-0.25, -0.2) is 8.42 Å². The summed E-state index contributed by atoms with van der Waals surface area (Å²) in [5.41, 5.74) is 3.50. The predicted octanol–water partition coefficient (Wildman–Crippen LogP) is 0.114. The number of sulfonamides is 1. The average molecular weight is 286 g/mol. The van der Waals surface area contributed by atoms with Gasteiger partial charge in [-0.2, -0.15) is 9.40 Å². The molecule has 2 heterocycles. The minimum Gasteiger partial charge on any atom is -0.296 e. The normalized spacial score (nSPS) is 18.9. The second-order valence-corrected chi connectivity index (χ2v) is 7.19. The Kier molecular flexibility index (Phi) is 3.98. The molecule has 108 valence electrons. The van der Waals surface area contributed by atoms with Gasteiger partial charge in [-0.15, -0.1) is 0 Å². The number of rotatable bonds is 3. The Labute approximate surface area is 115 Å². The van der Waals surface area contributed by atoms with Crippen molar-refractivity contribution < 1.29 is 8.42 Å². The average Bonchev–Trinajstić information content (AvgIpc) is 2.56. The highest BCUT2D eigenvalue weighted by atomic mass is 32.2. The summed E-state index contributed by atoms with van der Waals surface area (Å²) in [4.78, 5) is 2.29. The fraction of sp³-hybridized carbons (Fsp3) is 0.750. The second kappa shape index (κ2) is 5.22.